The molecule has 0 aliphatic carbocycles. The molecule has 102 valence electrons. The monoisotopic (exact) mass is 273 g/mol. The van der Waals surface area contributed by atoms with Gasteiger partial charge >= 0.3 is 18.1 Å². The van der Waals surface area contributed by atoms with Gasteiger partial charge in [0.2, 0.25) is 0 Å². The molecule has 1 aliphatic rings. The van der Waals surface area contributed by atoms with Crippen LogP contribution in [0.25, 0.3) is 0 Å². The first kappa shape index (κ1) is 13.5. The number of hydrogen-bond acceptors (Lipinski definition) is 4. The van der Waals surface area contributed by atoms with E-state index in [4.69, 9.17) is 0 Å². The average Bonchev–Trinajstić information content (AvgIpc) is 2.63. The van der Waals surface area contributed by atoms with Crippen LogP contribution in [0.3, 0.4) is 0 Å². The number of hydrogen-bond donors (Lipinski definition) is 0. The number of alkyl halides is 3. The normalized spacial score (nSPS) is 19.1. The SMILES string of the molecule is CN1Cc2ccccc2C1C(=O)OC(=O)C(F)(F)F. The Balaban J connectivity index is 2.19. The van der Waals surface area contributed by atoms with Crippen molar-refractivity contribution >= 4 is 11.9 Å². The van der Waals surface area contributed by atoms with Crippen molar-refractivity contribution in [2.45, 2.75) is 18.8 Å². The van der Waals surface area contributed by atoms with E-state index in [2.05, 4.69) is 4.74 Å². The molecule has 1 atom stereocenters. The number of likely N-dealkylation sites (N-methyl/N-ethyl adjacent to an activating group) is 1. The minimum absolute atomic E-state index is 0.413. The van der Waals surface area contributed by atoms with Gasteiger partial charge in [0, 0.05) is 6.54 Å². The second-order valence-corrected chi connectivity index (χ2v) is 4.22. The van der Waals surface area contributed by atoms with Crippen LogP contribution in [0.4, 0.5) is 13.2 Å². The Morgan fingerprint density at radius 1 is 1.32 bits per heavy atom. The second-order valence-electron chi connectivity index (χ2n) is 4.22. The lowest BCUT2D eigenvalue weighted by molar-refractivity contribution is -0.203. The van der Waals surface area contributed by atoms with Crippen molar-refractivity contribution in [3.63, 3.8) is 0 Å². The Morgan fingerprint density at radius 2 is 1.95 bits per heavy atom. The number of carbonyl (C=O) groups excluding carboxylic acids is 2. The van der Waals surface area contributed by atoms with Crippen LogP contribution in [0.15, 0.2) is 24.3 Å². The van der Waals surface area contributed by atoms with Crippen molar-refractivity contribution in [3.05, 3.63) is 35.4 Å². The molecule has 7 heteroatoms. The molecule has 0 spiro atoms. The quantitative estimate of drug-likeness (QED) is 0.578. The van der Waals surface area contributed by atoms with Crippen LogP contribution in [0.2, 0.25) is 0 Å². The van der Waals surface area contributed by atoms with E-state index in [1.54, 1.807) is 31.3 Å². The van der Waals surface area contributed by atoms with E-state index < -0.39 is 24.2 Å². The maximum Gasteiger partial charge on any atom is 0.491 e. The molecule has 2 rings (SSSR count). The molecule has 1 unspecified atom stereocenters. The highest BCUT2D eigenvalue weighted by atomic mass is 19.4. The number of ether oxygens (including phenoxy) is 1. The predicted octanol–water partition coefficient (Wildman–Crippen LogP) is 1.81. The highest BCUT2D eigenvalue weighted by molar-refractivity contribution is 5.92. The fourth-order valence-electron chi connectivity index (χ4n) is 2.05. The highest BCUT2D eigenvalue weighted by Crippen LogP contribution is 2.33. The van der Waals surface area contributed by atoms with Crippen molar-refractivity contribution in [2.75, 3.05) is 7.05 Å². The number of halogens is 3. The summed E-state index contributed by atoms with van der Waals surface area (Å²) in [5, 5.41) is 0. The number of esters is 2. The zero-order valence-electron chi connectivity index (χ0n) is 9.90. The largest absolute Gasteiger partial charge is 0.491 e. The summed E-state index contributed by atoms with van der Waals surface area (Å²) in [6, 6.07) is 5.85. The van der Waals surface area contributed by atoms with E-state index in [9.17, 15) is 22.8 Å². The predicted molar refractivity (Wildman–Crippen MR) is 57.8 cm³/mol. The molecule has 0 radical (unpaired) electrons. The van der Waals surface area contributed by atoms with Crippen molar-refractivity contribution in [3.8, 4) is 0 Å². The zero-order chi connectivity index (χ0) is 14.2. The van der Waals surface area contributed by atoms with Crippen LogP contribution in [0.5, 0.6) is 0 Å². The Hall–Kier alpha value is -1.89. The van der Waals surface area contributed by atoms with Gasteiger partial charge in [-0.25, -0.2) is 9.59 Å². The molecular formula is C12H10F3NO3. The standard InChI is InChI=1S/C12H10F3NO3/c1-16-6-7-4-2-3-5-8(7)9(16)10(17)19-11(18)12(13,14)15/h2-5,9H,6H2,1H3. The van der Waals surface area contributed by atoms with Gasteiger partial charge in [-0.1, -0.05) is 24.3 Å². The number of benzene rings is 1. The molecule has 0 saturated heterocycles. The van der Waals surface area contributed by atoms with E-state index in [1.165, 1.54) is 4.90 Å². The first-order chi connectivity index (χ1) is 8.80. The summed E-state index contributed by atoms with van der Waals surface area (Å²) in [5.74, 6) is -3.70. The Labute approximate surface area is 106 Å². The Bertz CT molecular complexity index is 527. The van der Waals surface area contributed by atoms with Crippen molar-refractivity contribution in [1.82, 2.24) is 4.90 Å². The Morgan fingerprint density at radius 3 is 2.58 bits per heavy atom. The van der Waals surface area contributed by atoms with E-state index in [1.807, 2.05) is 0 Å². The molecule has 1 aromatic carbocycles. The molecule has 0 N–H and O–H groups in total. The van der Waals surface area contributed by atoms with E-state index in [0.29, 0.717) is 12.1 Å². The molecule has 4 nitrogen and oxygen atoms in total. The number of rotatable bonds is 1. The summed E-state index contributed by atoms with van der Waals surface area (Å²) < 4.78 is 40.0. The van der Waals surface area contributed by atoms with Gasteiger partial charge in [0.25, 0.3) is 0 Å². The van der Waals surface area contributed by atoms with Crippen LogP contribution in [0, 0.1) is 0 Å². The summed E-state index contributed by atoms with van der Waals surface area (Å²) in [6.07, 6.45) is -5.17. The van der Waals surface area contributed by atoms with Gasteiger partial charge in [-0.05, 0) is 18.2 Å². The maximum absolute atomic E-state index is 12.0. The Kier molecular flexibility index (Phi) is 3.32. The minimum atomic E-state index is -5.17. The van der Waals surface area contributed by atoms with Gasteiger partial charge in [0.15, 0.2) is 0 Å². The number of nitrogens with zero attached hydrogens (tertiary/aromatic N) is 1. The zero-order valence-corrected chi connectivity index (χ0v) is 9.90. The van der Waals surface area contributed by atoms with Gasteiger partial charge in [0.05, 0.1) is 0 Å². The molecule has 0 aromatic heterocycles. The summed E-state index contributed by atoms with van der Waals surface area (Å²) in [6.45, 7) is 0.413. The van der Waals surface area contributed by atoms with E-state index in [-0.39, 0.29) is 0 Å². The van der Waals surface area contributed by atoms with Gasteiger partial charge in [-0.2, -0.15) is 13.2 Å². The minimum Gasteiger partial charge on any atom is -0.385 e. The van der Waals surface area contributed by atoms with Gasteiger partial charge in [0.1, 0.15) is 6.04 Å². The van der Waals surface area contributed by atoms with E-state index in [0.717, 1.165) is 5.56 Å². The first-order valence-electron chi connectivity index (χ1n) is 5.41. The van der Waals surface area contributed by atoms with E-state index >= 15 is 0 Å². The lowest BCUT2D eigenvalue weighted by Crippen LogP contribution is -2.33. The fourth-order valence-corrected chi connectivity index (χ4v) is 2.05. The van der Waals surface area contributed by atoms with Gasteiger partial charge < -0.3 is 4.74 Å². The van der Waals surface area contributed by atoms with Crippen LogP contribution in [-0.4, -0.2) is 30.1 Å². The summed E-state index contributed by atoms with van der Waals surface area (Å²) in [7, 11) is 1.57. The maximum atomic E-state index is 12.0. The molecule has 19 heavy (non-hydrogen) atoms. The molecule has 0 bridgehead atoms. The molecule has 1 heterocycles. The van der Waals surface area contributed by atoms with Crippen LogP contribution >= 0.6 is 0 Å². The van der Waals surface area contributed by atoms with Crippen LogP contribution in [0.1, 0.15) is 17.2 Å². The summed E-state index contributed by atoms with van der Waals surface area (Å²) in [4.78, 5) is 23.9. The summed E-state index contributed by atoms with van der Waals surface area (Å²) in [5.41, 5.74) is 1.39. The second kappa shape index (κ2) is 4.65. The molecule has 0 fully saturated rings. The fraction of sp³-hybridized carbons (Fsp3) is 0.333. The lowest BCUT2D eigenvalue weighted by atomic mass is 10.1. The molecule has 1 aromatic rings. The first-order valence-corrected chi connectivity index (χ1v) is 5.41. The number of fused-ring (bicyclic) bond motifs is 1. The average molecular weight is 273 g/mol. The van der Waals surface area contributed by atoms with Crippen molar-refractivity contribution in [1.29, 1.82) is 0 Å². The smallest absolute Gasteiger partial charge is 0.385 e. The van der Waals surface area contributed by atoms with Crippen molar-refractivity contribution < 1.29 is 27.5 Å². The molecular weight excluding hydrogens is 263 g/mol. The lowest BCUT2D eigenvalue weighted by Gasteiger charge is -2.18. The third kappa shape index (κ3) is 2.60. The summed E-state index contributed by atoms with van der Waals surface area (Å²) >= 11 is 0. The highest BCUT2D eigenvalue weighted by Gasteiger charge is 2.45. The van der Waals surface area contributed by atoms with Gasteiger partial charge in [-0.15, -0.1) is 0 Å². The third-order valence-corrected chi connectivity index (χ3v) is 2.86. The molecule has 0 amide bonds. The topological polar surface area (TPSA) is 46.6 Å². The third-order valence-electron chi connectivity index (χ3n) is 2.86. The molecule has 1 aliphatic heterocycles. The van der Waals surface area contributed by atoms with Crippen LogP contribution in [-0.2, 0) is 20.9 Å². The molecule has 0 saturated carbocycles. The number of carbonyl (C=O) groups is 2. The van der Waals surface area contributed by atoms with Gasteiger partial charge in [-0.3, -0.25) is 4.90 Å². The van der Waals surface area contributed by atoms with Crippen LogP contribution < -0.4 is 0 Å². The van der Waals surface area contributed by atoms with Crippen molar-refractivity contribution in [2.24, 2.45) is 0 Å².